The number of benzene rings is 1. The molecule has 0 fully saturated rings. The van der Waals surface area contributed by atoms with E-state index in [1.165, 1.54) is 13.2 Å². The Bertz CT molecular complexity index is 440. The molecular formula is C12H12BrO4-. The molecule has 0 unspecified atom stereocenters. The van der Waals surface area contributed by atoms with Crippen LogP contribution in [0.25, 0.3) is 6.08 Å². The van der Waals surface area contributed by atoms with Gasteiger partial charge in [0, 0.05) is 0 Å². The molecule has 0 saturated heterocycles. The number of carbonyl (C=O) groups excluding carboxylic acids is 1. The van der Waals surface area contributed by atoms with Crippen molar-refractivity contribution in [2.24, 2.45) is 0 Å². The fourth-order valence-electron chi connectivity index (χ4n) is 1.28. The maximum Gasteiger partial charge on any atom is 0.175 e. The summed E-state index contributed by atoms with van der Waals surface area (Å²) in [6, 6.07) is 3.43. The van der Waals surface area contributed by atoms with Crippen molar-refractivity contribution >= 4 is 28.0 Å². The minimum absolute atomic E-state index is 0.517. The van der Waals surface area contributed by atoms with Crippen LogP contribution in [0.4, 0.5) is 0 Å². The summed E-state index contributed by atoms with van der Waals surface area (Å²) in [5.41, 5.74) is 0.682. The van der Waals surface area contributed by atoms with Gasteiger partial charge in [0.25, 0.3) is 0 Å². The summed E-state index contributed by atoms with van der Waals surface area (Å²) in [5, 5.41) is 10.3. The first-order valence-corrected chi connectivity index (χ1v) is 5.77. The van der Waals surface area contributed by atoms with Crippen molar-refractivity contribution in [3.8, 4) is 11.5 Å². The summed E-state index contributed by atoms with van der Waals surface area (Å²) in [6.07, 6.45) is 2.39. The van der Waals surface area contributed by atoms with Crippen LogP contribution < -0.4 is 14.6 Å². The van der Waals surface area contributed by atoms with Crippen molar-refractivity contribution in [3.05, 3.63) is 28.2 Å². The third-order valence-electron chi connectivity index (χ3n) is 1.95. The van der Waals surface area contributed by atoms with Crippen molar-refractivity contribution < 1.29 is 19.4 Å². The van der Waals surface area contributed by atoms with Crippen LogP contribution in [0.3, 0.4) is 0 Å². The summed E-state index contributed by atoms with van der Waals surface area (Å²) in [4.78, 5) is 10.3. The first-order chi connectivity index (χ1) is 8.08. The molecule has 5 heteroatoms. The minimum atomic E-state index is -1.24. The molecule has 0 saturated carbocycles. The van der Waals surface area contributed by atoms with Crippen LogP contribution in [0.5, 0.6) is 11.5 Å². The molecule has 0 aliphatic heterocycles. The van der Waals surface area contributed by atoms with Gasteiger partial charge in [-0.25, -0.2) is 0 Å². The van der Waals surface area contributed by atoms with E-state index in [-0.39, 0.29) is 0 Å². The van der Waals surface area contributed by atoms with E-state index < -0.39 is 5.97 Å². The molecule has 0 N–H and O–H groups in total. The van der Waals surface area contributed by atoms with Crippen LogP contribution in [0.15, 0.2) is 22.7 Å². The molecule has 0 atom stereocenters. The molecule has 4 nitrogen and oxygen atoms in total. The zero-order valence-corrected chi connectivity index (χ0v) is 11.1. The highest BCUT2D eigenvalue weighted by Gasteiger charge is 2.09. The van der Waals surface area contributed by atoms with Crippen molar-refractivity contribution in [2.75, 3.05) is 13.7 Å². The summed E-state index contributed by atoms with van der Waals surface area (Å²) in [5.74, 6) is -0.103. The van der Waals surface area contributed by atoms with Crippen LogP contribution in [0, 0.1) is 0 Å². The lowest BCUT2D eigenvalue weighted by molar-refractivity contribution is -0.297. The molecular weight excluding hydrogens is 288 g/mol. The zero-order chi connectivity index (χ0) is 12.8. The fourth-order valence-corrected chi connectivity index (χ4v) is 1.86. The number of rotatable bonds is 5. The fraction of sp³-hybridized carbons (Fsp3) is 0.250. The lowest BCUT2D eigenvalue weighted by Gasteiger charge is -2.12. The van der Waals surface area contributed by atoms with Gasteiger partial charge in [-0.3, -0.25) is 0 Å². The predicted octanol–water partition coefficient (Wildman–Crippen LogP) is 1.62. The number of methoxy groups -OCH3 is 1. The monoisotopic (exact) mass is 299 g/mol. The molecule has 17 heavy (non-hydrogen) atoms. The molecule has 0 heterocycles. The Balaban J connectivity index is 3.12. The Morgan fingerprint density at radius 2 is 2.24 bits per heavy atom. The SMILES string of the molecule is CCOc1c(Br)cc(/C=C/C(=O)[O-])cc1OC. The number of carboxylic acid groups (broad SMARTS) is 1. The van der Waals surface area contributed by atoms with Gasteiger partial charge in [0.2, 0.25) is 0 Å². The second kappa shape index (κ2) is 6.30. The van der Waals surface area contributed by atoms with E-state index >= 15 is 0 Å². The van der Waals surface area contributed by atoms with Crippen molar-refractivity contribution in [1.82, 2.24) is 0 Å². The van der Waals surface area contributed by atoms with Crippen LogP contribution in [0.2, 0.25) is 0 Å². The molecule has 0 aliphatic rings. The van der Waals surface area contributed by atoms with Crippen molar-refractivity contribution in [3.63, 3.8) is 0 Å². The van der Waals surface area contributed by atoms with Crippen molar-refractivity contribution in [1.29, 1.82) is 0 Å². The first-order valence-electron chi connectivity index (χ1n) is 4.97. The standard InChI is InChI=1S/C12H13BrO4/c1-3-17-12-9(13)6-8(4-5-11(14)15)7-10(12)16-2/h4-7H,3H2,1-2H3,(H,14,15)/p-1/b5-4+. The van der Waals surface area contributed by atoms with Crippen LogP contribution in [-0.2, 0) is 4.79 Å². The molecule has 0 bridgehead atoms. The van der Waals surface area contributed by atoms with E-state index in [2.05, 4.69) is 15.9 Å². The summed E-state index contributed by atoms with van der Waals surface area (Å²) in [7, 11) is 1.52. The van der Waals surface area contributed by atoms with Gasteiger partial charge in [-0.15, -0.1) is 0 Å². The Hall–Kier alpha value is -1.49. The number of carbonyl (C=O) groups is 1. The normalized spacial score (nSPS) is 10.5. The number of ether oxygens (including phenoxy) is 2. The van der Waals surface area contributed by atoms with Crippen LogP contribution >= 0.6 is 15.9 Å². The second-order valence-corrected chi connectivity index (χ2v) is 3.97. The van der Waals surface area contributed by atoms with Gasteiger partial charge >= 0.3 is 0 Å². The van der Waals surface area contributed by atoms with Gasteiger partial charge in [0.1, 0.15) is 0 Å². The van der Waals surface area contributed by atoms with Gasteiger partial charge in [-0.1, -0.05) is 6.08 Å². The molecule has 92 valence electrons. The summed E-state index contributed by atoms with van der Waals surface area (Å²) in [6.45, 7) is 2.39. The van der Waals surface area contributed by atoms with E-state index in [0.717, 1.165) is 6.08 Å². The van der Waals surface area contributed by atoms with Gasteiger partial charge in [0.05, 0.1) is 24.2 Å². The molecule has 1 rings (SSSR count). The Morgan fingerprint density at radius 3 is 2.76 bits per heavy atom. The average Bonchev–Trinajstić information content (AvgIpc) is 2.29. The van der Waals surface area contributed by atoms with E-state index in [9.17, 15) is 9.90 Å². The Kier molecular flexibility index (Phi) is 5.03. The second-order valence-electron chi connectivity index (χ2n) is 3.12. The van der Waals surface area contributed by atoms with Crippen LogP contribution in [-0.4, -0.2) is 19.7 Å². The van der Waals surface area contributed by atoms with E-state index in [4.69, 9.17) is 9.47 Å². The predicted molar refractivity (Wildman–Crippen MR) is 65.9 cm³/mol. The van der Waals surface area contributed by atoms with Gasteiger partial charge < -0.3 is 19.4 Å². The van der Waals surface area contributed by atoms with Gasteiger partial charge in [-0.05, 0) is 46.6 Å². The third kappa shape index (κ3) is 3.78. The number of halogens is 1. The molecule has 0 spiro atoms. The lowest BCUT2D eigenvalue weighted by atomic mass is 10.2. The van der Waals surface area contributed by atoms with Crippen LogP contribution in [0.1, 0.15) is 12.5 Å². The molecule has 0 aliphatic carbocycles. The van der Waals surface area contributed by atoms with Crippen molar-refractivity contribution in [2.45, 2.75) is 6.92 Å². The number of carboxylic acids is 1. The maximum absolute atomic E-state index is 10.3. The van der Waals surface area contributed by atoms with Gasteiger partial charge in [-0.2, -0.15) is 0 Å². The highest BCUT2D eigenvalue weighted by Crippen LogP contribution is 2.36. The third-order valence-corrected chi connectivity index (χ3v) is 2.54. The smallest absolute Gasteiger partial charge is 0.175 e. The number of hydrogen-bond acceptors (Lipinski definition) is 4. The minimum Gasteiger partial charge on any atom is -0.545 e. The Labute approximate surface area is 108 Å². The van der Waals surface area contributed by atoms with E-state index in [0.29, 0.717) is 28.1 Å². The molecule has 0 radical (unpaired) electrons. The molecule has 0 aromatic heterocycles. The summed E-state index contributed by atoms with van der Waals surface area (Å²) >= 11 is 3.34. The average molecular weight is 300 g/mol. The number of hydrogen-bond donors (Lipinski definition) is 0. The highest BCUT2D eigenvalue weighted by atomic mass is 79.9. The van der Waals surface area contributed by atoms with Gasteiger partial charge in [0.15, 0.2) is 11.5 Å². The Morgan fingerprint density at radius 1 is 1.53 bits per heavy atom. The molecule has 1 aromatic carbocycles. The van der Waals surface area contributed by atoms with E-state index in [1.54, 1.807) is 12.1 Å². The largest absolute Gasteiger partial charge is 0.545 e. The topological polar surface area (TPSA) is 58.6 Å². The first kappa shape index (κ1) is 13.6. The number of aliphatic carboxylic acids is 1. The zero-order valence-electron chi connectivity index (χ0n) is 9.53. The molecule has 1 aromatic rings. The summed E-state index contributed by atoms with van der Waals surface area (Å²) < 4.78 is 11.3. The maximum atomic E-state index is 10.3. The molecule has 0 amide bonds. The quantitative estimate of drug-likeness (QED) is 0.775. The highest BCUT2D eigenvalue weighted by molar-refractivity contribution is 9.10. The van der Waals surface area contributed by atoms with E-state index in [1.807, 2.05) is 6.92 Å². The lowest BCUT2D eigenvalue weighted by Crippen LogP contribution is -2.18.